The highest BCUT2D eigenvalue weighted by Gasteiger charge is 2.24. The SMILES string of the molecule is CC(C)(C)c1ccccc1NC(=O)[C@@H]1CCCN1. The van der Waals surface area contributed by atoms with E-state index in [1.165, 1.54) is 5.56 Å². The van der Waals surface area contributed by atoms with Crippen molar-refractivity contribution in [3.05, 3.63) is 29.8 Å². The van der Waals surface area contributed by atoms with E-state index in [-0.39, 0.29) is 17.4 Å². The van der Waals surface area contributed by atoms with Crippen LogP contribution in [-0.4, -0.2) is 18.5 Å². The molecule has 1 amide bonds. The fourth-order valence-electron chi connectivity index (χ4n) is 2.37. The lowest BCUT2D eigenvalue weighted by Crippen LogP contribution is -2.36. The molecule has 0 aliphatic carbocycles. The molecule has 98 valence electrons. The van der Waals surface area contributed by atoms with E-state index >= 15 is 0 Å². The van der Waals surface area contributed by atoms with Gasteiger partial charge in [0.05, 0.1) is 6.04 Å². The number of benzene rings is 1. The summed E-state index contributed by atoms with van der Waals surface area (Å²) >= 11 is 0. The Morgan fingerprint density at radius 2 is 2.06 bits per heavy atom. The minimum Gasteiger partial charge on any atom is -0.324 e. The molecule has 0 bridgehead atoms. The first kappa shape index (κ1) is 13.1. The zero-order valence-corrected chi connectivity index (χ0v) is 11.4. The van der Waals surface area contributed by atoms with Gasteiger partial charge < -0.3 is 10.6 Å². The van der Waals surface area contributed by atoms with Crippen LogP contribution >= 0.6 is 0 Å². The third kappa shape index (κ3) is 2.91. The van der Waals surface area contributed by atoms with E-state index in [4.69, 9.17) is 0 Å². The van der Waals surface area contributed by atoms with Gasteiger partial charge in [-0.25, -0.2) is 0 Å². The fourth-order valence-corrected chi connectivity index (χ4v) is 2.37. The molecule has 0 unspecified atom stereocenters. The molecule has 1 aliphatic heterocycles. The number of rotatable bonds is 2. The largest absolute Gasteiger partial charge is 0.324 e. The predicted molar refractivity (Wildman–Crippen MR) is 74.8 cm³/mol. The van der Waals surface area contributed by atoms with E-state index < -0.39 is 0 Å². The lowest BCUT2D eigenvalue weighted by Gasteiger charge is -2.23. The van der Waals surface area contributed by atoms with E-state index in [1.54, 1.807) is 0 Å². The van der Waals surface area contributed by atoms with Crippen molar-refractivity contribution in [3.63, 3.8) is 0 Å². The first-order valence-electron chi connectivity index (χ1n) is 6.62. The molecule has 1 atom stereocenters. The molecule has 3 nitrogen and oxygen atoms in total. The van der Waals surface area contributed by atoms with E-state index in [1.807, 2.05) is 18.2 Å². The molecule has 2 rings (SSSR count). The number of hydrogen-bond acceptors (Lipinski definition) is 2. The van der Waals surface area contributed by atoms with Crippen molar-refractivity contribution in [2.24, 2.45) is 0 Å². The minimum atomic E-state index is -0.0296. The molecule has 1 aliphatic rings. The average molecular weight is 246 g/mol. The number of carbonyl (C=O) groups is 1. The lowest BCUT2D eigenvalue weighted by atomic mass is 9.86. The third-order valence-corrected chi connectivity index (χ3v) is 3.37. The highest BCUT2D eigenvalue weighted by Crippen LogP contribution is 2.29. The Kier molecular flexibility index (Phi) is 3.71. The summed E-state index contributed by atoms with van der Waals surface area (Å²) in [6.45, 7) is 7.42. The predicted octanol–water partition coefficient (Wildman–Crippen LogP) is 2.67. The number of carbonyl (C=O) groups excluding carboxylic acids is 1. The standard InChI is InChI=1S/C15H22N2O/c1-15(2,3)11-7-4-5-8-12(11)17-14(18)13-9-6-10-16-13/h4-5,7-8,13,16H,6,9-10H2,1-3H3,(H,17,18)/t13-/m0/s1. The molecule has 0 saturated carbocycles. The Balaban J connectivity index is 2.16. The van der Waals surface area contributed by atoms with Crippen molar-refractivity contribution in [2.45, 2.75) is 45.1 Å². The van der Waals surface area contributed by atoms with Crippen molar-refractivity contribution in [3.8, 4) is 0 Å². The zero-order valence-electron chi connectivity index (χ0n) is 11.4. The summed E-state index contributed by atoms with van der Waals surface area (Å²) < 4.78 is 0. The molecule has 1 aromatic carbocycles. The van der Waals surface area contributed by atoms with E-state index in [2.05, 4.69) is 37.5 Å². The van der Waals surface area contributed by atoms with E-state index in [9.17, 15) is 4.79 Å². The maximum atomic E-state index is 12.1. The summed E-state index contributed by atoms with van der Waals surface area (Å²) in [6.07, 6.45) is 2.02. The summed E-state index contributed by atoms with van der Waals surface area (Å²) in [5.41, 5.74) is 2.15. The number of hydrogen-bond donors (Lipinski definition) is 2. The van der Waals surface area contributed by atoms with Crippen LogP contribution in [0.1, 0.15) is 39.2 Å². The monoisotopic (exact) mass is 246 g/mol. The molecule has 18 heavy (non-hydrogen) atoms. The van der Waals surface area contributed by atoms with Gasteiger partial charge in [0, 0.05) is 5.69 Å². The molecule has 0 spiro atoms. The van der Waals surface area contributed by atoms with E-state index in [0.29, 0.717) is 0 Å². The van der Waals surface area contributed by atoms with Gasteiger partial charge in [0.1, 0.15) is 0 Å². The van der Waals surface area contributed by atoms with Gasteiger partial charge in [-0.1, -0.05) is 39.0 Å². The van der Waals surface area contributed by atoms with Crippen molar-refractivity contribution >= 4 is 11.6 Å². The Labute approximate surface area is 109 Å². The molecular formula is C15H22N2O. The first-order valence-corrected chi connectivity index (χ1v) is 6.62. The van der Waals surface area contributed by atoms with Gasteiger partial charge in [-0.05, 0) is 36.4 Å². The quantitative estimate of drug-likeness (QED) is 0.842. The maximum Gasteiger partial charge on any atom is 0.241 e. The van der Waals surface area contributed by atoms with Gasteiger partial charge in [-0.3, -0.25) is 4.79 Å². The number of nitrogens with one attached hydrogen (secondary N) is 2. The molecule has 1 heterocycles. The van der Waals surface area contributed by atoms with Gasteiger partial charge in [0.2, 0.25) is 5.91 Å². The van der Waals surface area contributed by atoms with Crippen LogP contribution in [0.15, 0.2) is 24.3 Å². The van der Waals surface area contributed by atoms with Crippen molar-refractivity contribution in [1.29, 1.82) is 0 Å². The van der Waals surface area contributed by atoms with E-state index in [0.717, 1.165) is 25.1 Å². The van der Waals surface area contributed by atoms with Crippen LogP contribution in [0.4, 0.5) is 5.69 Å². The minimum absolute atomic E-state index is 0.0296. The van der Waals surface area contributed by atoms with Crippen molar-refractivity contribution in [2.75, 3.05) is 11.9 Å². The summed E-state index contributed by atoms with van der Waals surface area (Å²) in [4.78, 5) is 12.1. The Morgan fingerprint density at radius 3 is 2.67 bits per heavy atom. The lowest BCUT2D eigenvalue weighted by molar-refractivity contribution is -0.117. The first-order chi connectivity index (χ1) is 8.48. The third-order valence-electron chi connectivity index (χ3n) is 3.37. The number of anilines is 1. The van der Waals surface area contributed by atoms with Crippen molar-refractivity contribution in [1.82, 2.24) is 5.32 Å². The van der Waals surface area contributed by atoms with Crippen LogP contribution in [0.5, 0.6) is 0 Å². The molecule has 1 saturated heterocycles. The summed E-state index contributed by atoms with van der Waals surface area (Å²) in [5, 5.41) is 6.28. The van der Waals surface area contributed by atoms with Crippen LogP contribution in [0.3, 0.4) is 0 Å². The fraction of sp³-hybridized carbons (Fsp3) is 0.533. The van der Waals surface area contributed by atoms with Gasteiger partial charge in [0.15, 0.2) is 0 Å². The molecule has 2 N–H and O–H groups in total. The molecule has 3 heteroatoms. The van der Waals surface area contributed by atoms with Crippen LogP contribution in [-0.2, 0) is 10.2 Å². The number of para-hydroxylation sites is 1. The summed E-state index contributed by atoms with van der Waals surface area (Å²) in [7, 11) is 0. The van der Waals surface area contributed by atoms with Crippen LogP contribution < -0.4 is 10.6 Å². The highest BCUT2D eigenvalue weighted by molar-refractivity contribution is 5.95. The molecular weight excluding hydrogens is 224 g/mol. The van der Waals surface area contributed by atoms with Crippen LogP contribution in [0.2, 0.25) is 0 Å². The normalized spacial score (nSPS) is 19.8. The second kappa shape index (κ2) is 5.11. The second-order valence-electron chi connectivity index (χ2n) is 5.93. The second-order valence-corrected chi connectivity index (χ2v) is 5.93. The average Bonchev–Trinajstić information content (AvgIpc) is 2.81. The topological polar surface area (TPSA) is 41.1 Å². The molecule has 0 aromatic heterocycles. The molecule has 0 radical (unpaired) electrons. The summed E-state index contributed by atoms with van der Waals surface area (Å²) in [6, 6.07) is 8.01. The number of amides is 1. The summed E-state index contributed by atoms with van der Waals surface area (Å²) in [5.74, 6) is 0.0872. The Bertz CT molecular complexity index is 428. The maximum absolute atomic E-state index is 12.1. The molecule has 1 aromatic rings. The van der Waals surface area contributed by atoms with Crippen LogP contribution in [0.25, 0.3) is 0 Å². The highest BCUT2D eigenvalue weighted by atomic mass is 16.2. The van der Waals surface area contributed by atoms with Gasteiger partial charge in [0.25, 0.3) is 0 Å². The van der Waals surface area contributed by atoms with Crippen molar-refractivity contribution < 1.29 is 4.79 Å². The van der Waals surface area contributed by atoms with Gasteiger partial charge in [-0.2, -0.15) is 0 Å². The van der Waals surface area contributed by atoms with Crippen LogP contribution in [0, 0.1) is 0 Å². The van der Waals surface area contributed by atoms with Gasteiger partial charge >= 0.3 is 0 Å². The van der Waals surface area contributed by atoms with Gasteiger partial charge in [-0.15, -0.1) is 0 Å². The Morgan fingerprint density at radius 1 is 1.33 bits per heavy atom. The molecule has 1 fully saturated rings. The Hall–Kier alpha value is -1.35. The zero-order chi connectivity index (χ0) is 13.2. The smallest absolute Gasteiger partial charge is 0.241 e.